The number of rotatable bonds is 9. The number of fused-ring (bicyclic) bond motifs is 1. The molecular weight excluding hydrogens is 308 g/mol. The molecule has 0 spiro atoms. The standard InChI is InChI=1S/C18H24N2O4/c1-23-13-11-19(12-14-24-2)17(21)7-8-18(22)20-10-9-15-5-3-4-6-16(15)20/h3-6,9-10H,7-8,11-14H2,1-2H3. The van der Waals surface area contributed by atoms with Crippen molar-refractivity contribution in [2.24, 2.45) is 0 Å². The highest BCUT2D eigenvalue weighted by Crippen LogP contribution is 2.16. The first-order valence-corrected chi connectivity index (χ1v) is 8.02. The Bertz CT molecular complexity index is 672. The first-order valence-electron chi connectivity index (χ1n) is 8.02. The number of amides is 1. The van der Waals surface area contributed by atoms with Gasteiger partial charge >= 0.3 is 0 Å². The second-order valence-electron chi connectivity index (χ2n) is 5.50. The molecule has 2 aromatic rings. The summed E-state index contributed by atoms with van der Waals surface area (Å²) in [5.74, 6) is -0.142. The third kappa shape index (κ3) is 4.66. The number of ether oxygens (including phenoxy) is 2. The normalized spacial score (nSPS) is 10.9. The molecule has 0 aliphatic heterocycles. The number of aromatic nitrogens is 1. The van der Waals surface area contributed by atoms with Gasteiger partial charge in [0.1, 0.15) is 0 Å². The molecule has 130 valence electrons. The molecule has 6 nitrogen and oxygen atoms in total. The van der Waals surface area contributed by atoms with Crippen molar-refractivity contribution in [1.29, 1.82) is 0 Å². The van der Waals surface area contributed by atoms with Crippen molar-refractivity contribution in [3.05, 3.63) is 36.5 Å². The molecule has 0 fully saturated rings. The fourth-order valence-corrected chi connectivity index (χ4v) is 2.56. The Morgan fingerprint density at radius 1 is 1.00 bits per heavy atom. The summed E-state index contributed by atoms with van der Waals surface area (Å²) in [5, 5.41) is 1.01. The predicted molar refractivity (Wildman–Crippen MR) is 92.1 cm³/mol. The van der Waals surface area contributed by atoms with Crippen LogP contribution in [-0.4, -0.2) is 61.8 Å². The van der Waals surface area contributed by atoms with Crippen molar-refractivity contribution >= 4 is 22.7 Å². The van der Waals surface area contributed by atoms with Crippen LogP contribution in [0, 0.1) is 0 Å². The molecule has 0 atom stereocenters. The van der Waals surface area contributed by atoms with Gasteiger partial charge in [0, 0.05) is 51.7 Å². The zero-order chi connectivity index (χ0) is 17.4. The zero-order valence-corrected chi connectivity index (χ0v) is 14.2. The van der Waals surface area contributed by atoms with Gasteiger partial charge in [0.25, 0.3) is 0 Å². The van der Waals surface area contributed by atoms with Gasteiger partial charge in [0.15, 0.2) is 0 Å². The molecule has 0 saturated heterocycles. The van der Waals surface area contributed by atoms with Crippen LogP contribution in [0.1, 0.15) is 17.6 Å². The molecule has 2 rings (SSSR count). The van der Waals surface area contributed by atoms with Crippen molar-refractivity contribution in [1.82, 2.24) is 9.47 Å². The van der Waals surface area contributed by atoms with Crippen molar-refractivity contribution in [2.45, 2.75) is 12.8 Å². The minimum Gasteiger partial charge on any atom is -0.383 e. The number of carbonyl (C=O) groups excluding carboxylic acids is 2. The highest BCUT2D eigenvalue weighted by molar-refractivity contribution is 5.93. The van der Waals surface area contributed by atoms with Crippen LogP contribution in [-0.2, 0) is 14.3 Å². The van der Waals surface area contributed by atoms with E-state index in [4.69, 9.17) is 9.47 Å². The molecule has 1 aromatic carbocycles. The van der Waals surface area contributed by atoms with E-state index in [9.17, 15) is 9.59 Å². The Hall–Kier alpha value is -2.18. The highest BCUT2D eigenvalue weighted by Gasteiger charge is 2.16. The van der Waals surface area contributed by atoms with Gasteiger partial charge in [0.05, 0.1) is 18.7 Å². The Kier molecular flexibility index (Phi) is 6.96. The molecule has 0 aliphatic rings. The summed E-state index contributed by atoms with van der Waals surface area (Å²) >= 11 is 0. The number of benzene rings is 1. The molecule has 1 heterocycles. The van der Waals surface area contributed by atoms with Crippen LogP contribution in [0.5, 0.6) is 0 Å². The summed E-state index contributed by atoms with van der Waals surface area (Å²) in [6.07, 6.45) is 2.11. The van der Waals surface area contributed by atoms with Gasteiger partial charge in [-0.25, -0.2) is 0 Å². The Morgan fingerprint density at radius 3 is 2.33 bits per heavy atom. The van der Waals surface area contributed by atoms with Crippen molar-refractivity contribution in [2.75, 3.05) is 40.5 Å². The van der Waals surface area contributed by atoms with Crippen LogP contribution in [0.2, 0.25) is 0 Å². The molecule has 0 bridgehead atoms. The fourth-order valence-electron chi connectivity index (χ4n) is 2.56. The molecule has 0 unspecified atom stereocenters. The van der Waals surface area contributed by atoms with Gasteiger partial charge < -0.3 is 14.4 Å². The average molecular weight is 332 g/mol. The van der Waals surface area contributed by atoms with E-state index in [0.29, 0.717) is 26.3 Å². The fraction of sp³-hybridized carbons (Fsp3) is 0.444. The van der Waals surface area contributed by atoms with E-state index in [1.54, 1.807) is 29.9 Å². The lowest BCUT2D eigenvalue weighted by atomic mass is 10.2. The van der Waals surface area contributed by atoms with Gasteiger partial charge in [-0.15, -0.1) is 0 Å². The summed E-state index contributed by atoms with van der Waals surface area (Å²) < 4.78 is 11.7. The number of hydrogen-bond donors (Lipinski definition) is 0. The van der Waals surface area contributed by atoms with Gasteiger partial charge in [-0.05, 0) is 12.1 Å². The molecule has 1 aromatic heterocycles. The van der Waals surface area contributed by atoms with Gasteiger partial charge in [0.2, 0.25) is 11.8 Å². The SMILES string of the molecule is COCCN(CCOC)C(=O)CCC(=O)n1ccc2ccccc21. The second-order valence-corrected chi connectivity index (χ2v) is 5.50. The third-order valence-electron chi connectivity index (χ3n) is 3.90. The second kappa shape index (κ2) is 9.20. The lowest BCUT2D eigenvalue weighted by Gasteiger charge is -2.22. The summed E-state index contributed by atoms with van der Waals surface area (Å²) in [6.45, 7) is 1.93. The van der Waals surface area contributed by atoms with Crippen LogP contribution in [0.15, 0.2) is 36.5 Å². The number of nitrogens with zero attached hydrogens (tertiary/aromatic N) is 2. The number of hydrogen-bond acceptors (Lipinski definition) is 4. The summed E-state index contributed by atoms with van der Waals surface area (Å²) in [7, 11) is 3.19. The van der Waals surface area contributed by atoms with E-state index in [2.05, 4.69) is 0 Å². The third-order valence-corrected chi connectivity index (χ3v) is 3.90. The molecule has 1 amide bonds. The minimum atomic E-state index is -0.0806. The van der Waals surface area contributed by atoms with Gasteiger partial charge in [-0.3, -0.25) is 14.2 Å². The van der Waals surface area contributed by atoms with E-state index in [1.807, 2.05) is 30.3 Å². The smallest absolute Gasteiger partial charge is 0.231 e. The maximum atomic E-state index is 12.4. The predicted octanol–water partition coefficient (Wildman–Crippen LogP) is 2.18. The molecule has 6 heteroatoms. The molecule has 0 radical (unpaired) electrons. The van der Waals surface area contributed by atoms with E-state index in [0.717, 1.165) is 10.9 Å². The largest absolute Gasteiger partial charge is 0.383 e. The Labute approximate surface area is 141 Å². The Balaban J connectivity index is 1.94. The maximum absolute atomic E-state index is 12.4. The summed E-state index contributed by atoms with van der Waals surface area (Å²) in [4.78, 5) is 26.4. The Morgan fingerprint density at radius 2 is 1.67 bits per heavy atom. The lowest BCUT2D eigenvalue weighted by Crippen LogP contribution is -2.36. The summed E-state index contributed by atoms with van der Waals surface area (Å²) in [5.41, 5.74) is 0.866. The van der Waals surface area contributed by atoms with Crippen molar-refractivity contribution in [3.63, 3.8) is 0 Å². The van der Waals surface area contributed by atoms with Gasteiger partial charge in [-0.1, -0.05) is 18.2 Å². The topological polar surface area (TPSA) is 60.8 Å². The van der Waals surface area contributed by atoms with Crippen molar-refractivity contribution in [3.8, 4) is 0 Å². The summed E-state index contributed by atoms with van der Waals surface area (Å²) in [6, 6.07) is 9.59. The molecular formula is C18H24N2O4. The molecule has 0 saturated carbocycles. The van der Waals surface area contributed by atoms with E-state index in [1.165, 1.54) is 0 Å². The van der Waals surface area contributed by atoms with Crippen LogP contribution >= 0.6 is 0 Å². The number of carbonyl (C=O) groups is 2. The average Bonchev–Trinajstić information content (AvgIpc) is 3.03. The van der Waals surface area contributed by atoms with E-state index >= 15 is 0 Å². The van der Waals surface area contributed by atoms with Gasteiger partial charge in [-0.2, -0.15) is 0 Å². The molecule has 24 heavy (non-hydrogen) atoms. The van der Waals surface area contributed by atoms with E-state index in [-0.39, 0.29) is 24.7 Å². The van der Waals surface area contributed by atoms with Crippen LogP contribution in [0.25, 0.3) is 10.9 Å². The highest BCUT2D eigenvalue weighted by atomic mass is 16.5. The van der Waals surface area contributed by atoms with Crippen LogP contribution in [0.3, 0.4) is 0 Å². The quantitative estimate of drug-likeness (QED) is 0.706. The first kappa shape index (κ1) is 18.2. The van der Waals surface area contributed by atoms with Crippen molar-refractivity contribution < 1.29 is 19.1 Å². The molecule has 0 N–H and O–H groups in total. The first-order chi connectivity index (χ1) is 11.7. The number of methoxy groups -OCH3 is 2. The lowest BCUT2D eigenvalue weighted by molar-refractivity contribution is -0.132. The monoisotopic (exact) mass is 332 g/mol. The van der Waals surface area contributed by atoms with E-state index < -0.39 is 0 Å². The maximum Gasteiger partial charge on any atom is 0.231 e. The molecule has 0 aliphatic carbocycles. The number of para-hydroxylation sites is 1. The van der Waals surface area contributed by atoms with Crippen LogP contribution < -0.4 is 0 Å². The van der Waals surface area contributed by atoms with Crippen LogP contribution in [0.4, 0.5) is 0 Å². The minimum absolute atomic E-state index is 0.0612. The zero-order valence-electron chi connectivity index (χ0n) is 14.2.